The van der Waals surface area contributed by atoms with Gasteiger partial charge in [0.25, 0.3) is 0 Å². The van der Waals surface area contributed by atoms with Crippen LogP contribution in [0.4, 0.5) is 0 Å². The van der Waals surface area contributed by atoms with Gasteiger partial charge in [-0.1, -0.05) is 28.1 Å². The van der Waals surface area contributed by atoms with E-state index >= 15 is 0 Å². The standard InChI is InChI=1S/C8H9BrO2/c9-7-3-1-6(2-4-7)5-8(10)11/h1-4,8,10-11H,5H2. The van der Waals surface area contributed by atoms with Crippen molar-refractivity contribution in [2.45, 2.75) is 12.7 Å². The van der Waals surface area contributed by atoms with E-state index in [4.69, 9.17) is 10.2 Å². The Hall–Kier alpha value is -0.380. The number of hydrogen-bond donors (Lipinski definition) is 2. The highest BCUT2D eigenvalue weighted by atomic mass is 79.9. The SMILES string of the molecule is OC(O)Cc1ccc(Br)cc1. The Morgan fingerprint density at radius 1 is 1.18 bits per heavy atom. The van der Waals surface area contributed by atoms with Crippen LogP contribution in [0.1, 0.15) is 5.56 Å². The van der Waals surface area contributed by atoms with E-state index in [-0.39, 0.29) is 6.42 Å². The third-order valence-corrected chi connectivity index (χ3v) is 1.86. The summed E-state index contributed by atoms with van der Waals surface area (Å²) in [6.45, 7) is 0. The van der Waals surface area contributed by atoms with Crippen LogP contribution in [-0.2, 0) is 6.42 Å². The number of benzene rings is 1. The minimum absolute atomic E-state index is 0.285. The van der Waals surface area contributed by atoms with Gasteiger partial charge in [0.15, 0.2) is 6.29 Å². The summed E-state index contributed by atoms with van der Waals surface area (Å²) in [6.07, 6.45) is -0.969. The smallest absolute Gasteiger partial charge is 0.155 e. The van der Waals surface area contributed by atoms with Crippen molar-refractivity contribution in [3.8, 4) is 0 Å². The van der Waals surface area contributed by atoms with Crippen LogP contribution in [0.25, 0.3) is 0 Å². The van der Waals surface area contributed by atoms with E-state index in [9.17, 15) is 0 Å². The molecule has 0 spiro atoms. The van der Waals surface area contributed by atoms with Crippen molar-refractivity contribution in [1.82, 2.24) is 0 Å². The van der Waals surface area contributed by atoms with Gasteiger partial charge in [-0.25, -0.2) is 0 Å². The highest BCUT2D eigenvalue weighted by molar-refractivity contribution is 9.10. The molecule has 0 aliphatic heterocycles. The quantitative estimate of drug-likeness (QED) is 0.733. The molecule has 0 aromatic heterocycles. The predicted molar refractivity (Wildman–Crippen MR) is 46.1 cm³/mol. The maximum atomic E-state index is 8.62. The molecule has 0 unspecified atom stereocenters. The van der Waals surface area contributed by atoms with E-state index in [0.29, 0.717) is 0 Å². The number of halogens is 1. The summed E-state index contributed by atoms with van der Waals surface area (Å²) in [6, 6.07) is 7.45. The van der Waals surface area contributed by atoms with Crippen molar-refractivity contribution in [3.63, 3.8) is 0 Å². The van der Waals surface area contributed by atoms with Crippen LogP contribution in [0.5, 0.6) is 0 Å². The monoisotopic (exact) mass is 216 g/mol. The average molecular weight is 217 g/mol. The molecule has 60 valence electrons. The van der Waals surface area contributed by atoms with Gasteiger partial charge in [-0.05, 0) is 17.7 Å². The number of hydrogen-bond acceptors (Lipinski definition) is 2. The largest absolute Gasteiger partial charge is 0.368 e. The first-order valence-electron chi connectivity index (χ1n) is 3.29. The van der Waals surface area contributed by atoms with Gasteiger partial charge in [0, 0.05) is 10.9 Å². The fraction of sp³-hybridized carbons (Fsp3) is 0.250. The molecule has 11 heavy (non-hydrogen) atoms. The minimum Gasteiger partial charge on any atom is -0.368 e. The highest BCUT2D eigenvalue weighted by Gasteiger charge is 1.98. The van der Waals surface area contributed by atoms with Gasteiger partial charge < -0.3 is 10.2 Å². The van der Waals surface area contributed by atoms with Crippen molar-refractivity contribution in [2.24, 2.45) is 0 Å². The van der Waals surface area contributed by atoms with Gasteiger partial charge >= 0.3 is 0 Å². The average Bonchev–Trinajstić information content (AvgIpc) is 1.93. The van der Waals surface area contributed by atoms with Crippen LogP contribution < -0.4 is 0 Å². The summed E-state index contributed by atoms with van der Waals surface area (Å²) in [7, 11) is 0. The van der Waals surface area contributed by atoms with Crippen LogP contribution in [0.15, 0.2) is 28.7 Å². The Bertz CT molecular complexity index is 218. The Balaban J connectivity index is 2.66. The summed E-state index contributed by atoms with van der Waals surface area (Å²) in [4.78, 5) is 0. The van der Waals surface area contributed by atoms with Crippen LogP contribution in [0.3, 0.4) is 0 Å². The zero-order valence-corrected chi connectivity index (χ0v) is 7.45. The zero-order valence-electron chi connectivity index (χ0n) is 5.87. The molecule has 0 aliphatic carbocycles. The normalized spacial score (nSPS) is 10.5. The van der Waals surface area contributed by atoms with Gasteiger partial charge in [-0.15, -0.1) is 0 Å². The molecule has 0 atom stereocenters. The molecule has 1 aromatic rings. The number of aliphatic hydroxyl groups excluding tert-OH is 1. The molecular formula is C8H9BrO2. The lowest BCUT2D eigenvalue weighted by atomic mass is 10.1. The van der Waals surface area contributed by atoms with E-state index in [1.807, 2.05) is 24.3 Å². The third-order valence-electron chi connectivity index (χ3n) is 1.33. The molecule has 0 amide bonds. The fourth-order valence-electron chi connectivity index (χ4n) is 0.831. The molecule has 0 heterocycles. The Morgan fingerprint density at radius 2 is 1.73 bits per heavy atom. The van der Waals surface area contributed by atoms with Crippen LogP contribution in [-0.4, -0.2) is 16.5 Å². The predicted octanol–water partition coefficient (Wildman–Crippen LogP) is 1.30. The molecule has 0 saturated heterocycles. The van der Waals surface area contributed by atoms with E-state index in [2.05, 4.69) is 15.9 Å². The molecule has 0 fully saturated rings. The first kappa shape index (κ1) is 8.71. The number of rotatable bonds is 2. The lowest BCUT2D eigenvalue weighted by Gasteiger charge is -2.02. The Labute approximate surface area is 73.6 Å². The van der Waals surface area contributed by atoms with Crippen LogP contribution >= 0.6 is 15.9 Å². The molecule has 0 aliphatic rings. The fourth-order valence-corrected chi connectivity index (χ4v) is 1.10. The second-order valence-corrected chi connectivity index (χ2v) is 3.23. The maximum Gasteiger partial charge on any atom is 0.155 e. The summed E-state index contributed by atoms with van der Waals surface area (Å²) in [5, 5.41) is 17.2. The lowest BCUT2D eigenvalue weighted by molar-refractivity contribution is -0.0381. The molecule has 2 N–H and O–H groups in total. The Kier molecular flexibility index (Phi) is 3.05. The van der Waals surface area contributed by atoms with Gasteiger partial charge in [-0.2, -0.15) is 0 Å². The van der Waals surface area contributed by atoms with E-state index < -0.39 is 6.29 Å². The van der Waals surface area contributed by atoms with Crippen molar-refractivity contribution in [1.29, 1.82) is 0 Å². The van der Waals surface area contributed by atoms with E-state index in [1.54, 1.807) is 0 Å². The summed E-state index contributed by atoms with van der Waals surface area (Å²) < 4.78 is 0.994. The lowest BCUT2D eigenvalue weighted by Crippen LogP contribution is -2.07. The minimum atomic E-state index is -1.25. The maximum absolute atomic E-state index is 8.62. The third kappa shape index (κ3) is 3.01. The topological polar surface area (TPSA) is 40.5 Å². The summed E-state index contributed by atoms with van der Waals surface area (Å²) >= 11 is 3.29. The van der Waals surface area contributed by atoms with Crippen molar-refractivity contribution in [2.75, 3.05) is 0 Å². The summed E-state index contributed by atoms with van der Waals surface area (Å²) in [5.74, 6) is 0. The summed E-state index contributed by atoms with van der Waals surface area (Å²) in [5.41, 5.74) is 0.920. The zero-order chi connectivity index (χ0) is 8.27. The van der Waals surface area contributed by atoms with Crippen molar-refractivity contribution < 1.29 is 10.2 Å². The van der Waals surface area contributed by atoms with Crippen LogP contribution in [0.2, 0.25) is 0 Å². The molecule has 2 nitrogen and oxygen atoms in total. The second-order valence-electron chi connectivity index (χ2n) is 2.31. The van der Waals surface area contributed by atoms with Crippen LogP contribution in [0, 0.1) is 0 Å². The van der Waals surface area contributed by atoms with Gasteiger partial charge in [0.05, 0.1) is 0 Å². The first-order chi connectivity index (χ1) is 5.18. The molecule has 1 rings (SSSR count). The van der Waals surface area contributed by atoms with Crippen molar-refractivity contribution >= 4 is 15.9 Å². The van der Waals surface area contributed by atoms with E-state index in [0.717, 1.165) is 10.0 Å². The Morgan fingerprint density at radius 3 is 2.18 bits per heavy atom. The van der Waals surface area contributed by atoms with Gasteiger partial charge in [0.1, 0.15) is 0 Å². The van der Waals surface area contributed by atoms with Gasteiger partial charge in [0.2, 0.25) is 0 Å². The molecule has 0 radical (unpaired) electrons. The molecule has 3 heteroatoms. The molecule has 0 bridgehead atoms. The van der Waals surface area contributed by atoms with Gasteiger partial charge in [-0.3, -0.25) is 0 Å². The first-order valence-corrected chi connectivity index (χ1v) is 4.08. The second kappa shape index (κ2) is 3.85. The molecule has 0 saturated carbocycles. The van der Waals surface area contributed by atoms with E-state index in [1.165, 1.54) is 0 Å². The van der Waals surface area contributed by atoms with Crippen molar-refractivity contribution in [3.05, 3.63) is 34.3 Å². The number of aliphatic hydroxyl groups is 2. The highest BCUT2D eigenvalue weighted by Crippen LogP contribution is 2.11. The molecule has 1 aromatic carbocycles. The molecular weight excluding hydrogens is 208 g/mol.